The third kappa shape index (κ3) is 3.39. The molecule has 2 aromatic rings. The number of benzene rings is 1. The van der Waals surface area contributed by atoms with E-state index in [4.69, 9.17) is 9.47 Å². The normalized spacial score (nSPS) is 21.4. The molecule has 0 saturated carbocycles. The van der Waals surface area contributed by atoms with Crippen LogP contribution in [0.15, 0.2) is 24.3 Å². The van der Waals surface area contributed by atoms with Crippen LogP contribution in [0.2, 0.25) is 0 Å². The highest BCUT2D eigenvalue weighted by molar-refractivity contribution is 5.93. The second-order valence-electron chi connectivity index (χ2n) is 7.36. The number of hydrogen-bond acceptors (Lipinski definition) is 4. The fourth-order valence-electron chi connectivity index (χ4n) is 3.55. The van der Waals surface area contributed by atoms with E-state index in [1.165, 1.54) is 5.56 Å². The lowest BCUT2D eigenvalue weighted by Crippen LogP contribution is -2.45. The first-order chi connectivity index (χ1) is 12.0. The van der Waals surface area contributed by atoms with Gasteiger partial charge in [-0.1, -0.05) is 0 Å². The lowest BCUT2D eigenvalue weighted by Gasteiger charge is -2.35. The number of nitrogens with one attached hydrogen (secondary N) is 2. The van der Waals surface area contributed by atoms with E-state index in [1.807, 2.05) is 12.1 Å². The van der Waals surface area contributed by atoms with Crippen LogP contribution < -0.4 is 10.1 Å². The number of amides is 1. The third-order valence-electron chi connectivity index (χ3n) is 4.84. The molecule has 25 heavy (non-hydrogen) atoms. The Balaban J connectivity index is 1.46. The van der Waals surface area contributed by atoms with Gasteiger partial charge < -0.3 is 14.8 Å². The van der Waals surface area contributed by atoms with Crippen LogP contribution in [-0.2, 0) is 11.2 Å². The molecule has 1 amide bonds. The quantitative estimate of drug-likeness (QED) is 0.900. The van der Waals surface area contributed by atoms with Gasteiger partial charge in [0.15, 0.2) is 0 Å². The molecule has 132 valence electrons. The summed E-state index contributed by atoms with van der Waals surface area (Å²) in [7, 11) is 0. The number of aromatic nitrogens is 2. The number of fused-ring (bicyclic) bond motifs is 1. The maximum atomic E-state index is 12.5. The minimum atomic E-state index is -0.193. The first-order valence-electron chi connectivity index (χ1n) is 8.76. The average molecular weight is 341 g/mol. The molecule has 0 unspecified atom stereocenters. The molecule has 3 heterocycles. The highest BCUT2D eigenvalue weighted by Gasteiger charge is 2.30. The van der Waals surface area contributed by atoms with Gasteiger partial charge >= 0.3 is 0 Å². The molecule has 6 heteroatoms. The summed E-state index contributed by atoms with van der Waals surface area (Å²) in [5.74, 6) is 0.824. The summed E-state index contributed by atoms with van der Waals surface area (Å²) in [6.07, 6.45) is 2.56. The zero-order valence-corrected chi connectivity index (χ0v) is 14.6. The van der Waals surface area contributed by atoms with Crippen molar-refractivity contribution >= 4 is 5.91 Å². The fraction of sp³-hybridized carbons (Fsp3) is 0.474. The van der Waals surface area contributed by atoms with Crippen molar-refractivity contribution in [3.8, 4) is 17.0 Å². The molecule has 0 spiro atoms. The second-order valence-corrected chi connectivity index (χ2v) is 7.36. The highest BCUT2D eigenvalue weighted by Crippen LogP contribution is 2.30. The maximum Gasteiger partial charge on any atom is 0.269 e. The van der Waals surface area contributed by atoms with Crippen LogP contribution in [0, 0.1) is 0 Å². The summed E-state index contributed by atoms with van der Waals surface area (Å²) in [5, 5.41) is 10.2. The van der Waals surface area contributed by atoms with E-state index in [2.05, 4.69) is 35.4 Å². The van der Waals surface area contributed by atoms with E-state index in [9.17, 15) is 4.79 Å². The lowest BCUT2D eigenvalue weighted by atomic mass is 9.94. The van der Waals surface area contributed by atoms with Gasteiger partial charge in [0, 0.05) is 24.6 Å². The van der Waals surface area contributed by atoms with Crippen LogP contribution in [0.1, 0.15) is 42.7 Å². The lowest BCUT2D eigenvalue weighted by molar-refractivity contribution is -0.0615. The minimum Gasteiger partial charge on any atom is -0.493 e. The van der Waals surface area contributed by atoms with Gasteiger partial charge in [-0.25, -0.2) is 0 Å². The standard InChI is InChI=1S/C19H23N3O3/c1-19(2)11-14(6-8-25-19)20-18(23)16-10-15(21-22-16)12-3-4-17-13(9-12)5-7-24-17/h3-4,9-10,14H,5-8,11H2,1-2H3,(H,20,23)(H,21,22)/t14-/m0/s1. The van der Waals surface area contributed by atoms with Gasteiger partial charge in [0.25, 0.3) is 5.91 Å². The molecule has 2 N–H and O–H groups in total. The molecular weight excluding hydrogens is 318 g/mol. The molecule has 4 rings (SSSR count). The van der Waals surface area contributed by atoms with Crippen molar-refractivity contribution in [1.82, 2.24) is 15.5 Å². The summed E-state index contributed by atoms with van der Waals surface area (Å²) >= 11 is 0. The zero-order chi connectivity index (χ0) is 17.4. The number of ether oxygens (including phenoxy) is 2. The van der Waals surface area contributed by atoms with E-state index in [0.717, 1.165) is 42.9 Å². The van der Waals surface area contributed by atoms with E-state index >= 15 is 0 Å². The van der Waals surface area contributed by atoms with Gasteiger partial charge in [0.1, 0.15) is 11.4 Å². The molecule has 1 aromatic heterocycles. The number of carbonyl (C=O) groups excluding carboxylic acids is 1. The van der Waals surface area contributed by atoms with Crippen LogP contribution in [0.4, 0.5) is 0 Å². The Bertz CT molecular complexity index is 797. The van der Waals surface area contributed by atoms with Crippen molar-refractivity contribution in [3.63, 3.8) is 0 Å². The molecule has 2 aliphatic heterocycles. The summed E-state index contributed by atoms with van der Waals surface area (Å²) in [6, 6.07) is 7.96. The Morgan fingerprint density at radius 3 is 3.04 bits per heavy atom. The van der Waals surface area contributed by atoms with Gasteiger partial charge in [0.05, 0.1) is 17.9 Å². The molecule has 1 atom stereocenters. The van der Waals surface area contributed by atoms with E-state index in [-0.39, 0.29) is 17.6 Å². The topological polar surface area (TPSA) is 76.2 Å². The van der Waals surface area contributed by atoms with Crippen molar-refractivity contribution in [2.24, 2.45) is 0 Å². The minimum absolute atomic E-state index is 0.119. The molecule has 2 aliphatic rings. The molecule has 6 nitrogen and oxygen atoms in total. The zero-order valence-electron chi connectivity index (χ0n) is 14.6. The monoisotopic (exact) mass is 341 g/mol. The number of aromatic amines is 1. The fourth-order valence-corrected chi connectivity index (χ4v) is 3.55. The van der Waals surface area contributed by atoms with Gasteiger partial charge in [-0.05, 0) is 56.5 Å². The van der Waals surface area contributed by atoms with Crippen LogP contribution in [-0.4, -0.2) is 41.0 Å². The maximum absolute atomic E-state index is 12.5. The molecule has 0 bridgehead atoms. The second kappa shape index (κ2) is 6.19. The van der Waals surface area contributed by atoms with Gasteiger partial charge in [-0.3, -0.25) is 9.89 Å². The molecule has 0 aliphatic carbocycles. The first kappa shape index (κ1) is 16.1. The SMILES string of the molecule is CC1(C)C[C@@H](NC(=O)c2cc(-c3ccc4c(c3)CCO4)n[nH]2)CCO1. The summed E-state index contributed by atoms with van der Waals surface area (Å²) in [4.78, 5) is 12.5. The smallest absolute Gasteiger partial charge is 0.269 e. The van der Waals surface area contributed by atoms with Crippen molar-refractivity contribution in [1.29, 1.82) is 0 Å². The summed E-state index contributed by atoms with van der Waals surface area (Å²) in [6.45, 7) is 5.51. The van der Waals surface area contributed by atoms with Gasteiger partial charge in [-0.15, -0.1) is 0 Å². The third-order valence-corrected chi connectivity index (χ3v) is 4.84. The van der Waals surface area contributed by atoms with Crippen molar-refractivity contribution in [2.45, 2.75) is 44.8 Å². The molecule has 1 fully saturated rings. The number of carbonyl (C=O) groups is 1. The van der Waals surface area contributed by atoms with Crippen molar-refractivity contribution < 1.29 is 14.3 Å². The number of hydrogen-bond donors (Lipinski definition) is 2. The van der Waals surface area contributed by atoms with E-state index in [0.29, 0.717) is 12.3 Å². The summed E-state index contributed by atoms with van der Waals surface area (Å²) in [5.41, 5.74) is 3.24. The van der Waals surface area contributed by atoms with Crippen LogP contribution >= 0.6 is 0 Å². The van der Waals surface area contributed by atoms with E-state index < -0.39 is 0 Å². The Morgan fingerprint density at radius 1 is 1.32 bits per heavy atom. The van der Waals surface area contributed by atoms with E-state index in [1.54, 1.807) is 6.07 Å². The Morgan fingerprint density at radius 2 is 2.20 bits per heavy atom. The summed E-state index contributed by atoms with van der Waals surface area (Å²) < 4.78 is 11.2. The predicted octanol–water partition coefficient (Wildman–Crippen LogP) is 2.70. The van der Waals surface area contributed by atoms with Crippen molar-refractivity contribution in [2.75, 3.05) is 13.2 Å². The van der Waals surface area contributed by atoms with Gasteiger partial charge in [-0.2, -0.15) is 5.10 Å². The molecule has 1 aromatic carbocycles. The van der Waals surface area contributed by atoms with Crippen molar-refractivity contribution in [3.05, 3.63) is 35.5 Å². The number of rotatable bonds is 3. The first-order valence-corrected chi connectivity index (χ1v) is 8.76. The largest absolute Gasteiger partial charge is 0.493 e. The Kier molecular flexibility index (Phi) is 4.00. The van der Waals surface area contributed by atoms with Crippen LogP contribution in [0.25, 0.3) is 11.3 Å². The number of nitrogens with zero attached hydrogens (tertiary/aromatic N) is 1. The number of H-pyrrole nitrogens is 1. The molecular formula is C19H23N3O3. The predicted molar refractivity (Wildman–Crippen MR) is 93.7 cm³/mol. The Labute approximate surface area is 146 Å². The van der Waals surface area contributed by atoms with Crippen LogP contribution in [0.3, 0.4) is 0 Å². The molecule has 1 saturated heterocycles. The Hall–Kier alpha value is -2.34. The van der Waals surface area contributed by atoms with Crippen LogP contribution in [0.5, 0.6) is 5.75 Å². The average Bonchev–Trinajstić information content (AvgIpc) is 3.22. The highest BCUT2D eigenvalue weighted by atomic mass is 16.5. The van der Waals surface area contributed by atoms with Gasteiger partial charge in [0.2, 0.25) is 0 Å². The molecule has 0 radical (unpaired) electrons.